The Morgan fingerprint density at radius 3 is 2.68 bits per heavy atom. The topological polar surface area (TPSA) is 107 Å². The van der Waals surface area contributed by atoms with Crippen molar-refractivity contribution in [3.05, 3.63) is 11.2 Å². The van der Waals surface area contributed by atoms with Crippen LogP contribution in [0.5, 0.6) is 0 Å². The Kier molecular flexibility index (Phi) is 5.50. The summed E-state index contributed by atoms with van der Waals surface area (Å²) >= 11 is 5.64. The van der Waals surface area contributed by atoms with Crippen LogP contribution >= 0.6 is 19.4 Å². The highest BCUT2D eigenvalue weighted by Gasteiger charge is 2.76. The van der Waals surface area contributed by atoms with E-state index >= 15 is 8.78 Å². The van der Waals surface area contributed by atoms with Crippen LogP contribution in [0.15, 0.2) is 11.2 Å². The van der Waals surface area contributed by atoms with E-state index in [0.29, 0.717) is 6.20 Å². The molecule has 9 nitrogen and oxygen atoms in total. The van der Waals surface area contributed by atoms with Gasteiger partial charge in [-0.05, 0) is 13.8 Å². The number of amides is 2. The predicted octanol–water partition coefficient (Wildman–Crippen LogP) is 2.35. The van der Waals surface area contributed by atoms with Crippen molar-refractivity contribution in [2.75, 3.05) is 6.61 Å². The van der Waals surface area contributed by atoms with Gasteiger partial charge in [0.05, 0.1) is 17.7 Å². The first-order chi connectivity index (χ1) is 12.8. The number of rotatable bonds is 4. The molecule has 0 radical (unpaired) electrons. The molecule has 3 rings (SSSR count). The SMILES string of the molecule is CC(C)OP1(=O)OC[C@@]2(C(F)F)O[C@@H](N3C=C(Cl)C(O)NC3=O)C(F)(F)[C@@H]2O1. The molecule has 0 aromatic carbocycles. The molecule has 0 aliphatic carbocycles. The molecule has 0 aromatic heterocycles. The molecule has 0 saturated carbocycles. The Hall–Kier alpha value is -0.950. The summed E-state index contributed by atoms with van der Waals surface area (Å²) in [4.78, 5) is 12.2. The molecule has 2 N–H and O–H groups in total. The third-order valence-electron chi connectivity index (χ3n) is 4.12. The van der Waals surface area contributed by atoms with Crippen molar-refractivity contribution in [2.45, 2.75) is 56.5 Å². The molecule has 3 aliphatic rings. The smallest absolute Gasteiger partial charge is 0.368 e. The van der Waals surface area contributed by atoms with Gasteiger partial charge in [0.25, 0.3) is 6.43 Å². The highest BCUT2D eigenvalue weighted by atomic mass is 35.5. The number of carbonyl (C=O) groups excluding carboxylic acids is 1. The molecule has 3 aliphatic heterocycles. The van der Waals surface area contributed by atoms with Crippen LogP contribution in [0.25, 0.3) is 0 Å². The monoisotopic (exact) mass is 454 g/mol. The van der Waals surface area contributed by atoms with Crippen molar-refractivity contribution in [2.24, 2.45) is 0 Å². The van der Waals surface area contributed by atoms with Crippen LogP contribution in [0.3, 0.4) is 0 Å². The number of phosphoric acid groups is 1. The lowest BCUT2D eigenvalue weighted by Gasteiger charge is -2.39. The third-order valence-corrected chi connectivity index (χ3v) is 6.02. The van der Waals surface area contributed by atoms with E-state index in [4.69, 9.17) is 25.4 Å². The Labute approximate surface area is 161 Å². The van der Waals surface area contributed by atoms with Crippen LogP contribution in [0.4, 0.5) is 22.4 Å². The first-order valence-electron chi connectivity index (χ1n) is 7.91. The second-order valence-corrected chi connectivity index (χ2v) is 8.54. The fourth-order valence-corrected chi connectivity index (χ4v) is 4.68. The number of nitrogens with zero attached hydrogens (tertiary/aromatic N) is 1. The molecule has 0 bridgehead atoms. The van der Waals surface area contributed by atoms with Crippen molar-refractivity contribution in [3.63, 3.8) is 0 Å². The number of aliphatic hydroxyl groups is 1. The Morgan fingerprint density at radius 2 is 2.11 bits per heavy atom. The van der Waals surface area contributed by atoms with Crippen LogP contribution in [0.2, 0.25) is 0 Å². The standard InChI is InChI=1S/C13H16ClF4N2O7P/c1-5(2)26-28(23)24-4-12(9(15)16)8(27-28)13(17,18)10(25-12)20-3-6(14)7(21)19-11(20)22/h3,5,7-10,21H,4H2,1-2H3,(H,19,22)/t7?,8-,10-,12-,28?/m1/s1. The number of hydrogen-bond donors (Lipinski definition) is 2. The van der Waals surface area contributed by atoms with Crippen molar-refractivity contribution in [3.8, 4) is 0 Å². The zero-order valence-corrected chi connectivity index (χ0v) is 16.0. The summed E-state index contributed by atoms with van der Waals surface area (Å²) in [6.07, 6.45) is -10.7. The molecular weight excluding hydrogens is 439 g/mol. The molecule has 28 heavy (non-hydrogen) atoms. The molecule has 15 heteroatoms. The maximum absolute atomic E-state index is 15.0. The van der Waals surface area contributed by atoms with Gasteiger partial charge in [0.1, 0.15) is 0 Å². The second-order valence-electron chi connectivity index (χ2n) is 6.53. The Balaban J connectivity index is 2.00. The molecule has 160 valence electrons. The second kappa shape index (κ2) is 7.08. The van der Waals surface area contributed by atoms with Crippen LogP contribution in [-0.2, 0) is 22.9 Å². The minimum Gasteiger partial charge on any atom is -0.368 e. The van der Waals surface area contributed by atoms with Gasteiger partial charge in [0, 0.05) is 6.20 Å². The van der Waals surface area contributed by atoms with E-state index < -0.39 is 68.1 Å². The Morgan fingerprint density at radius 1 is 1.46 bits per heavy atom. The number of carbonyl (C=O) groups is 1. The highest BCUT2D eigenvalue weighted by Crippen LogP contribution is 2.63. The van der Waals surface area contributed by atoms with Crippen molar-refractivity contribution < 1.29 is 50.3 Å². The number of ether oxygens (including phenoxy) is 1. The number of fused-ring (bicyclic) bond motifs is 1. The number of urea groups is 1. The zero-order chi connectivity index (χ0) is 21.1. The molecule has 2 fully saturated rings. The highest BCUT2D eigenvalue weighted by molar-refractivity contribution is 7.48. The van der Waals surface area contributed by atoms with E-state index in [9.17, 15) is 23.2 Å². The molecule has 2 unspecified atom stereocenters. The average Bonchev–Trinajstić information content (AvgIpc) is 2.79. The number of hydrogen-bond acceptors (Lipinski definition) is 7. The van der Waals surface area contributed by atoms with Gasteiger partial charge < -0.3 is 15.2 Å². The Bertz CT molecular complexity index is 742. The minimum absolute atomic E-state index is 0.203. The summed E-state index contributed by atoms with van der Waals surface area (Å²) in [5.74, 6) is -4.27. The molecule has 2 amide bonds. The normalized spacial score (nSPS) is 40.5. The van der Waals surface area contributed by atoms with E-state index in [1.807, 2.05) is 5.32 Å². The van der Waals surface area contributed by atoms with Gasteiger partial charge in [0.2, 0.25) is 6.23 Å². The average molecular weight is 455 g/mol. The summed E-state index contributed by atoms with van der Waals surface area (Å²) < 4.78 is 89.1. The lowest BCUT2D eigenvalue weighted by atomic mass is 9.95. The van der Waals surface area contributed by atoms with Gasteiger partial charge in [0.15, 0.2) is 17.9 Å². The lowest BCUT2D eigenvalue weighted by molar-refractivity contribution is -0.209. The summed E-state index contributed by atoms with van der Waals surface area (Å²) in [5.41, 5.74) is -3.03. The fourth-order valence-electron chi connectivity index (χ4n) is 2.89. The van der Waals surface area contributed by atoms with Crippen LogP contribution in [0.1, 0.15) is 13.8 Å². The van der Waals surface area contributed by atoms with Crippen LogP contribution in [0, 0.1) is 0 Å². The van der Waals surface area contributed by atoms with Gasteiger partial charge in [-0.2, -0.15) is 8.78 Å². The third kappa shape index (κ3) is 3.42. The maximum atomic E-state index is 15.0. The number of nitrogens with one attached hydrogen (secondary N) is 1. The largest absolute Gasteiger partial charge is 0.475 e. The minimum atomic E-state index is -4.60. The van der Waals surface area contributed by atoms with E-state index in [0.717, 1.165) is 0 Å². The molecule has 3 heterocycles. The summed E-state index contributed by atoms with van der Waals surface area (Å²) in [6, 6.07) is -1.29. The van der Waals surface area contributed by atoms with Gasteiger partial charge in [-0.25, -0.2) is 18.1 Å². The van der Waals surface area contributed by atoms with E-state index in [2.05, 4.69) is 4.52 Å². The molecular formula is C13H16ClF4N2O7P. The first kappa shape index (κ1) is 21.8. The summed E-state index contributed by atoms with van der Waals surface area (Å²) in [7, 11) is -4.60. The van der Waals surface area contributed by atoms with Crippen molar-refractivity contribution in [1.29, 1.82) is 0 Å². The van der Waals surface area contributed by atoms with E-state index in [-0.39, 0.29) is 4.90 Å². The van der Waals surface area contributed by atoms with Crippen LogP contribution in [-0.4, -0.2) is 65.3 Å². The first-order valence-corrected chi connectivity index (χ1v) is 9.75. The van der Waals surface area contributed by atoms with Crippen molar-refractivity contribution >= 4 is 25.5 Å². The lowest BCUT2D eigenvalue weighted by Crippen LogP contribution is -2.58. The van der Waals surface area contributed by atoms with E-state index in [1.165, 1.54) is 13.8 Å². The number of alkyl halides is 4. The quantitative estimate of drug-likeness (QED) is 0.496. The zero-order valence-electron chi connectivity index (χ0n) is 14.4. The van der Waals surface area contributed by atoms with Crippen molar-refractivity contribution in [1.82, 2.24) is 10.2 Å². The summed E-state index contributed by atoms with van der Waals surface area (Å²) in [6.45, 7) is 1.58. The fraction of sp³-hybridized carbons (Fsp3) is 0.769. The van der Waals surface area contributed by atoms with Gasteiger partial charge in [-0.3, -0.25) is 18.5 Å². The number of halogens is 5. The van der Waals surface area contributed by atoms with Gasteiger partial charge in [-0.1, -0.05) is 11.6 Å². The predicted molar refractivity (Wildman–Crippen MR) is 83.5 cm³/mol. The molecule has 0 aromatic rings. The molecule has 2 saturated heterocycles. The maximum Gasteiger partial charge on any atom is 0.475 e. The molecule has 0 spiro atoms. The summed E-state index contributed by atoms with van der Waals surface area (Å²) in [5, 5.41) is 10.8. The van der Waals surface area contributed by atoms with Crippen LogP contribution < -0.4 is 5.32 Å². The number of phosphoric ester groups is 1. The molecule has 5 atom stereocenters. The van der Waals surface area contributed by atoms with Gasteiger partial charge >= 0.3 is 19.8 Å². The van der Waals surface area contributed by atoms with Gasteiger partial charge in [-0.15, -0.1) is 0 Å². The number of aliphatic hydroxyl groups excluding tert-OH is 1. The van der Waals surface area contributed by atoms with E-state index in [1.54, 1.807) is 0 Å².